The Morgan fingerprint density at radius 3 is 2.64 bits per heavy atom. The van der Waals surface area contributed by atoms with Crippen LogP contribution in [0.5, 0.6) is 0 Å². The smallest absolute Gasteiger partial charge is 0.310 e. The fourth-order valence-corrected chi connectivity index (χ4v) is 1.26. The van der Waals surface area contributed by atoms with Gasteiger partial charge in [0.15, 0.2) is 0 Å². The van der Waals surface area contributed by atoms with Crippen LogP contribution in [0.3, 0.4) is 0 Å². The average Bonchev–Trinajstić information content (AvgIpc) is 2.01. The minimum atomic E-state index is -0.488. The number of rotatable bonds is 1. The summed E-state index contributed by atoms with van der Waals surface area (Å²) in [6, 6.07) is 0. The normalized spacial score (nSPS) is 22.8. The Hall–Kier alpha value is -1.06. The van der Waals surface area contributed by atoms with Crippen molar-refractivity contribution < 1.29 is 19.1 Å². The summed E-state index contributed by atoms with van der Waals surface area (Å²) in [6.07, 6.45) is 0.718. The first-order valence-corrected chi connectivity index (χ1v) is 4.77. The van der Waals surface area contributed by atoms with Gasteiger partial charge < -0.3 is 9.47 Å². The Bertz CT molecular complexity index is 239. The highest BCUT2D eigenvalue weighted by Crippen LogP contribution is 2.20. The first-order valence-electron chi connectivity index (χ1n) is 4.77. The van der Waals surface area contributed by atoms with Gasteiger partial charge in [0.2, 0.25) is 0 Å². The monoisotopic (exact) mass is 200 g/mol. The van der Waals surface area contributed by atoms with Gasteiger partial charge in [-0.2, -0.15) is 0 Å². The van der Waals surface area contributed by atoms with Gasteiger partial charge in [-0.25, -0.2) is 0 Å². The third-order valence-corrected chi connectivity index (χ3v) is 1.88. The molecule has 0 aromatic heterocycles. The van der Waals surface area contributed by atoms with Gasteiger partial charge in [0, 0.05) is 0 Å². The van der Waals surface area contributed by atoms with Crippen LogP contribution in [0.15, 0.2) is 0 Å². The number of esters is 2. The molecule has 0 radical (unpaired) electrons. The molecule has 0 bridgehead atoms. The minimum absolute atomic E-state index is 0.148. The van der Waals surface area contributed by atoms with Crippen LogP contribution in [0.25, 0.3) is 0 Å². The van der Waals surface area contributed by atoms with Crippen molar-refractivity contribution in [2.24, 2.45) is 5.92 Å². The van der Waals surface area contributed by atoms with Gasteiger partial charge in [-0.3, -0.25) is 9.59 Å². The summed E-state index contributed by atoms with van der Waals surface area (Å²) >= 11 is 0. The summed E-state index contributed by atoms with van der Waals surface area (Å²) in [5, 5.41) is 0. The molecular weight excluding hydrogens is 184 g/mol. The summed E-state index contributed by atoms with van der Waals surface area (Å²) < 4.78 is 9.92. The SMILES string of the molecule is CC(C)(C)OC(=O)C1CCOC(=O)C1. The molecule has 4 nitrogen and oxygen atoms in total. The van der Waals surface area contributed by atoms with Gasteiger partial charge >= 0.3 is 11.9 Å². The summed E-state index contributed by atoms with van der Waals surface area (Å²) in [5.41, 5.74) is -0.488. The zero-order chi connectivity index (χ0) is 10.8. The van der Waals surface area contributed by atoms with Crippen LogP contribution in [0.2, 0.25) is 0 Å². The summed E-state index contributed by atoms with van der Waals surface area (Å²) in [6.45, 7) is 5.76. The maximum Gasteiger partial charge on any atom is 0.310 e. The molecule has 0 N–H and O–H groups in total. The van der Waals surface area contributed by atoms with E-state index >= 15 is 0 Å². The Morgan fingerprint density at radius 1 is 1.50 bits per heavy atom. The van der Waals surface area contributed by atoms with E-state index in [0.29, 0.717) is 13.0 Å². The molecule has 0 spiro atoms. The van der Waals surface area contributed by atoms with E-state index in [1.807, 2.05) is 20.8 Å². The van der Waals surface area contributed by atoms with Crippen molar-refractivity contribution >= 4 is 11.9 Å². The van der Waals surface area contributed by atoms with Gasteiger partial charge in [-0.1, -0.05) is 0 Å². The third-order valence-electron chi connectivity index (χ3n) is 1.88. The Morgan fingerprint density at radius 2 is 2.14 bits per heavy atom. The van der Waals surface area contributed by atoms with E-state index in [1.54, 1.807) is 0 Å². The quantitative estimate of drug-likeness (QED) is 0.598. The van der Waals surface area contributed by atoms with Crippen molar-refractivity contribution in [2.45, 2.75) is 39.2 Å². The number of ether oxygens (including phenoxy) is 2. The summed E-state index contributed by atoms with van der Waals surface area (Å²) in [5.74, 6) is -0.934. The Labute approximate surface area is 83.6 Å². The predicted molar refractivity (Wildman–Crippen MR) is 49.5 cm³/mol. The maximum atomic E-state index is 11.5. The molecule has 1 rings (SSSR count). The lowest BCUT2D eigenvalue weighted by atomic mass is 10.00. The van der Waals surface area contributed by atoms with Crippen LogP contribution in [0.4, 0.5) is 0 Å². The van der Waals surface area contributed by atoms with Crippen molar-refractivity contribution in [3.63, 3.8) is 0 Å². The van der Waals surface area contributed by atoms with Crippen molar-refractivity contribution in [1.29, 1.82) is 0 Å². The highest BCUT2D eigenvalue weighted by atomic mass is 16.6. The molecule has 4 heteroatoms. The molecule has 1 saturated heterocycles. The second kappa shape index (κ2) is 3.98. The highest BCUT2D eigenvalue weighted by molar-refractivity contribution is 5.81. The predicted octanol–water partition coefficient (Wildman–Crippen LogP) is 1.28. The van der Waals surface area contributed by atoms with Crippen LogP contribution < -0.4 is 0 Å². The molecule has 1 atom stereocenters. The number of hydrogen-bond acceptors (Lipinski definition) is 4. The average molecular weight is 200 g/mol. The molecule has 0 aromatic rings. The lowest BCUT2D eigenvalue weighted by Crippen LogP contribution is -2.33. The van der Waals surface area contributed by atoms with E-state index in [0.717, 1.165) is 0 Å². The molecule has 1 fully saturated rings. The fraction of sp³-hybridized carbons (Fsp3) is 0.800. The van der Waals surface area contributed by atoms with Crippen LogP contribution in [-0.4, -0.2) is 24.1 Å². The Balaban J connectivity index is 2.48. The number of carbonyl (C=O) groups is 2. The molecule has 1 aliphatic heterocycles. The van der Waals surface area contributed by atoms with Gasteiger partial charge in [0.05, 0.1) is 18.9 Å². The molecule has 1 unspecified atom stereocenters. The Kier molecular flexibility index (Phi) is 3.13. The molecule has 14 heavy (non-hydrogen) atoms. The number of cyclic esters (lactones) is 1. The molecular formula is C10H16O4. The number of carbonyl (C=O) groups excluding carboxylic acids is 2. The van der Waals surface area contributed by atoms with Crippen LogP contribution in [0.1, 0.15) is 33.6 Å². The van der Waals surface area contributed by atoms with Crippen molar-refractivity contribution in [3.05, 3.63) is 0 Å². The van der Waals surface area contributed by atoms with E-state index in [4.69, 9.17) is 9.47 Å². The number of hydrogen-bond donors (Lipinski definition) is 0. The largest absolute Gasteiger partial charge is 0.466 e. The second-order valence-electron chi connectivity index (χ2n) is 4.44. The molecule has 0 saturated carbocycles. The first-order chi connectivity index (χ1) is 6.38. The van der Waals surface area contributed by atoms with Gasteiger partial charge in [0.1, 0.15) is 5.60 Å². The first kappa shape index (κ1) is 11.0. The molecule has 0 aliphatic carbocycles. The van der Waals surface area contributed by atoms with Crippen LogP contribution in [0, 0.1) is 5.92 Å². The molecule has 1 heterocycles. The lowest BCUT2D eigenvalue weighted by Gasteiger charge is -2.25. The molecule has 0 aromatic carbocycles. The molecule has 1 aliphatic rings. The van der Waals surface area contributed by atoms with Crippen molar-refractivity contribution in [2.75, 3.05) is 6.61 Å². The third kappa shape index (κ3) is 3.36. The summed E-state index contributed by atoms with van der Waals surface area (Å²) in [7, 11) is 0. The fourth-order valence-electron chi connectivity index (χ4n) is 1.26. The lowest BCUT2D eigenvalue weighted by molar-refractivity contribution is -0.168. The maximum absolute atomic E-state index is 11.5. The highest BCUT2D eigenvalue weighted by Gasteiger charge is 2.30. The van der Waals surface area contributed by atoms with Gasteiger partial charge in [0.25, 0.3) is 0 Å². The van der Waals surface area contributed by atoms with Gasteiger partial charge in [-0.15, -0.1) is 0 Å². The van der Waals surface area contributed by atoms with E-state index in [2.05, 4.69) is 0 Å². The van der Waals surface area contributed by atoms with E-state index < -0.39 is 5.60 Å². The van der Waals surface area contributed by atoms with Crippen LogP contribution in [-0.2, 0) is 19.1 Å². The summed E-state index contributed by atoms with van der Waals surface area (Å²) in [4.78, 5) is 22.4. The van der Waals surface area contributed by atoms with E-state index in [-0.39, 0.29) is 24.3 Å². The van der Waals surface area contributed by atoms with Crippen molar-refractivity contribution in [1.82, 2.24) is 0 Å². The standard InChI is InChI=1S/C10H16O4/c1-10(2,3)14-9(12)7-4-5-13-8(11)6-7/h7H,4-6H2,1-3H3. The zero-order valence-corrected chi connectivity index (χ0v) is 8.83. The minimum Gasteiger partial charge on any atom is -0.466 e. The second-order valence-corrected chi connectivity index (χ2v) is 4.44. The molecule has 80 valence electrons. The van der Waals surface area contributed by atoms with E-state index in [1.165, 1.54) is 0 Å². The topological polar surface area (TPSA) is 52.6 Å². The van der Waals surface area contributed by atoms with Crippen LogP contribution >= 0.6 is 0 Å². The van der Waals surface area contributed by atoms with E-state index in [9.17, 15) is 9.59 Å². The van der Waals surface area contributed by atoms with Crippen molar-refractivity contribution in [3.8, 4) is 0 Å². The zero-order valence-electron chi connectivity index (χ0n) is 8.83. The molecule has 0 amide bonds. The van der Waals surface area contributed by atoms with Gasteiger partial charge in [-0.05, 0) is 27.2 Å².